The maximum absolute atomic E-state index is 10.9. The van der Waals surface area contributed by atoms with Crippen LogP contribution in [-0.4, -0.2) is 47.0 Å². The lowest BCUT2D eigenvalue weighted by atomic mass is 10.3. The second-order valence-electron chi connectivity index (χ2n) is 3.85. The molecule has 0 bridgehead atoms. The fraction of sp³-hybridized carbons (Fsp3) is 0.556. The van der Waals surface area contributed by atoms with E-state index in [2.05, 4.69) is 15.3 Å². The average Bonchev–Trinajstić information content (AvgIpc) is 2.14. The minimum Gasteiger partial charge on any atom is -0.368 e. The Labute approximate surface area is 99.0 Å². The highest BCUT2D eigenvalue weighted by molar-refractivity contribution is 5.60. The molecule has 0 aliphatic rings. The number of nitro groups is 1. The fourth-order valence-corrected chi connectivity index (χ4v) is 1.33. The molecular formula is C9H16N6O2. The van der Waals surface area contributed by atoms with Crippen LogP contribution in [0.15, 0.2) is 0 Å². The second-order valence-corrected chi connectivity index (χ2v) is 3.85. The number of likely N-dealkylation sites (N-methyl/N-ethyl adjacent to an activating group) is 1. The first-order valence-electron chi connectivity index (χ1n) is 5.09. The SMILES string of the molecule is Cc1nc(N)nc(NCCN(C)C)c1[N+](=O)[O-]. The molecular weight excluding hydrogens is 224 g/mol. The van der Waals surface area contributed by atoms with Gasteiger partial charge < -0.3 is 16.0 Å². The van der Waals surface area contributed by atoms with Crippen LogP contribution >= 0.6 is 0 Å². The lowest BCUT2D eigenvalue weighted by molar-refractivity contribution is -0.385. The van der Waals surface area contributed by atoms with Gasteiger partial charge in [-0.15, -0.1) is 0 Å². The number of nitrogens with one attached hydrogen (secondary N) is 1. The van der Waals surface area contributed by atoms with Gasteiger partial charge in [0.25, 0.3) is 0 Å². The van der Waals surface area contributed by atoms with Gasteiger partial charge in [0.2, 0.25) is 11.8 Å². The maximum Gasteiger partial charge on any atom is 0.332 e. The normalized spacial score (nSPS) is 10.6. The van der Waals surface area contributed by atoms with Gasteiger partial charge >= 0.3 is 5.69 Å². The zero-order valence-electron chi connectivity index (χ0n) is 10.1. The molecule has 8 heteroatoms. The summed E-state index contributed by atoms with van der Waals surface area (Å²) in [5, 5.41) is 13.8. The van der Waals surface area contributed by atoms with E-state index in [9.17, 15) is 10.1 Å². The van der Waals surface area contributed by atoms with Crippen LogP contribution in [0.3, 0.4) is 0 Å². The fourth-order valence-electron chi connectivity index (χ4n) is 1.33. The molecule has 0 aliphatic heterocycles. The third-order valence-corrected chi connectivity index (χ3v) is 2.11. The van der Waals surface area contributed by atoms with E-state index >= 15 is 0 Å². The number of anilines is 2. The summed E-state index contributed by atoms with van der Waals surface area (Å²) in [6.45, 7) is 2.82. The summed E-state index contributed by atoms with van der Waals surface area (Å²) in [6, 6.07) is 0. The van der Waals surface area contributed by atoms with Crippen molar-refractivity contribution in [2.24, 2.45) is 0 Å². The summed E-state index contributed by atoms with van der Waals surface area (Å²) < 4.78 is 0. The number of nitrogen functional groups attached to an aromatic ring is 1. The lowest BCUT2D eigenvalue weighted by Gasteiger charge is -2.11. The Morgan fingerprint density at radius 3 is 2.65 bits per heavy atom. The topological polar surface area (TPSA) is 110 Å². The molecule has 0 atom stereocenters. The third kappa shape index (κ3) is 3.52. The molecule has 1 heterocycles. The smallest absolute Gasteiger partial charge is 0.332 e. The summed E-state index contributed by atoms with van der Waals surface area (Å²) in [5.41, 5.74) is 5.60. The molecule has 3 N–H and O–H groups in total. The van der Waals surface area contributed by atoms with Crippen LogP contribution in [-0.2, 0) is 0 Å². The number of nitrogens with two attached hydrogens (primary N) is 1. The molecule has 8 nitrogen and oxygen atoms in total. The monoisotopic (exact) mass is 240 g/mol. The number of hydrogen-bond acceptors (Lipinski definition) is 7. The predicted molar refractivity (Wildman–Crippen MR) is 64.9 cm³/mol. The van der Waals surface area contributed by atoms with Gasteiger partial charge in [0.1, 0.15) is 5.69 Å². The molecule has 1 aromatic heterocycles. The molecule has 0 saturated carbocycles. The Morgan fingerprint density at radius 2 is 2.12 bits per heavy atom. The molecule has 0 radical (unpaired) electrons. The molecule has 0 spiro atoms. The Bertz CT molecular complexity index is 420. The van der Waals surface area contributed by atoms with E-state index < -0.39 is 4.92 Å². The Morgan fingerprint density at radius 1 is 1.47 bits per heavy atom. The van der Waals surface area contributed by atoms with Gasteiger partial charge in [0.15, 0.2) is 0 Å². The molecule has 94 valence electrons. The lowest BCUT2D eigenvalue weighted by Crippen LogP contribution is -2.22. The molecule has 0 amide bonds. The van der Waals surface area contributed by atoms with E-state index in [4.69, 9.17) is 5.73 Å². The van der Waals surface area contributed by atoms with Crippen molar-refractivity contribution in [2.45, 2.75) is 6.92 Å². The number of hydrogen-bond donors (Lipinski definition) is 2. The summed E-state index contributed by atoms with van der Waals surface area (Å²) in [7, 11) is 3.82. The van der Waals surface area contributed by atoms with Crippen molar-refractivity contribution >= 4 is 17.5 Å². The molecule has 17 heavy (non-hydrogen) atoms. The molecule has 1 aromatic rings. The van der Waals surface area contributed by atoms with Crippen molar-refractivity contribution in [1.82, 2.24) is 14.9 Å². The first kappa shape index (κ1) is 13.1. The van der Waals surface area contributed by atoms with Gasteiger partial charge in [-0.2, -0.15) is 4.98 Å². The zero-order chi connectivity index (χ0) is 13.0. The number of aromatic nitrogens is 2. The van der Waals surface area contributed by atoms with Crippen molar-refractivity contribution in [3.63, 3.8) is 0 Å². The molecule has 0 saturated heterocycles. The average molecular weight is 240 g/mol. The van der Waals surface area contributed by atoms with Crippen LogP contribution in [0.5, 0.6) is 0 Å². The van der Waals surface area contributed by atoms with E-state index in [0.29, 0.717) is 6.54 Å². The highest BCUT2D eigenvalue weighted by Crippen LogP contribution is 2.25. The van der Waals surface area contributed by atoms with Gasteiger partial charge in [-0.05, 0) is 21.0 Å². The maximum atomic E-state index is 10.9. The van der Waals surface area contributed by atoms with Crippen molar-refractivity contribution in [3.8, 4) is 0 Å². The summed E-state index contributed by atoms with van der Waals surface area (Å²) >= 11 is 0. The van der Waals surface area contributed by atoms with Gasteiger partial charge in [-0.25, -0.2) is 4.98 Å². The Hall–Kier alpha value is -1.96. The largest absolute Gasteiger partial charge is 0.368 e. The van der Waals surface area contributed by atoms with Crippen molar-refractivity contribution in [3.05, 3.63) is 15.8 Å². The van der Waals surface area contributed by atoms with Crippen LogP contribution in [0, 0.1) is 17.0 Å². The number of nitrogens with zero attached hydrogens (tertiary/aromatic N) is 4. The standard InChI is InChI=1S/C9H16N6O2/c1-6-7(15(16)17)8(13-9(10)12-6)11-4-5-14(2)3/h4-5H2,1-3H3,(H3,10,11,12,13). The summed E-state index contributed by atoms with van der Waals surface area (Å²) in [4.78, 5) is 20.0. The Balaban J connectivity index is 2.92. The number of rotatable bonds is 5. The van der Waals surface area contributed by atoms with E-state index in [0.717, 1.165) is 6.54 Å². The quantitative estimate of drug-likeness (QED) is 0.560. The molecule has 0 aliphatic carbocycles. The molecule has 0 unspecified atom stereocenters. The third-order valence-electron chi connectivity index (χ3n) is 2.11. The van der Waals surface area contributed by atoms with Crippen molar-refractivity contribution in [2.75, 3.05) is 38.2 Å². The van der Waals surface area contributed by atoms with Crippen LogP contribution in [0.2, 0.25) is 0 Å². The van der Waals surface area contributed by atoms with Gasteiger partial charge in [-0.1, -0.05) is 0 Å². The summed E-state index contributed by atoms with van der Waals surface area (Å²) in [5.74, 6) is 0.197. The van der Waals surface area contributed by atoms with Crippen LogP contribution < -0.4 is 11.1 Å². The van der Waals surface area contributed by atoms with Gasteiger partial charge in [-0.3, -0.25) is 10.1 Å². The van der Waals surface area contributed by atoms with Crippen LogP contribution in [0.1, 0.15) is 5.69 Å². The summed E-state index contributed by atoms with van der Waals surface area (Å²) in [6.07, 6.45) is 0. The Kier molecular flexibility index (Phi) is 4.16. The van der Waals surface area contributed by atoms with Crippen molar-refractivity contribution < 1.29 is 4.92 Å². The molecule has 0 fully saturated rings. The van der Waals surface area contributed by atoms with Crippen LogP contribution in [0.25, 0.3) is 0 Å². The molecule has 0 aromatic carbocycles. The first-order valence-corrected chi connectivity index (χ1v) is 5.09. The second kappa shape index (κ2) is 5.39. The molecule has 1 rings (SSSR count). The van der Waals surface area contributed by atoms with Gasteiger partial charge in [0.05, 0.1) is 4.92 Å². The highest BCUT2D eigenvalue weighted by Gasteiger charge is 2.20. The highest BCUT2D eigenvalue weighted by atomic mass is 16.6. The van der Waals surface area contributed by atoms with Crippen molar-refractivity contribution in [1.29, 1.82) is 0 Å². The van der Waals surface area contributed by atoms with E-state index in [1.54, 1.807) is 0 Å². The predicted octanol–water partition coefficient (Wildman–Crippen LogP) is 0.249. The van der Waals surface area contributed by atoms with E-state index in [1.807, 2.05) is 19.0 Å². The first-order chi connectivity index (χ1) is 7.91. The minimum absolute atomic E-state index is 0.0282. The number of aryl methyl sites for hydroxylation is 1. The zero-order valence-corrected chi connectivity index (χ0v) is 10.1. The minimum atomic E-state index is -0.507. The van der Waals surface area contributed by atoms with E-state index in [1.165, 1.54) is 6.92 Å². The van der Waals surface area contributed by atoms with Crippen LogP contribution in [0.4, 0.5) is 17.5 Å². The van der Waals surface area contributed by atoms with Gasteiger partial charge in [0, 0.05) is 13.1 Å². The van der Waals surface area contributed by atoms with E-state index in [-0.39, 0.29) is 23.1 Å².